The van der Waals surface area contributed by atoms with Gasteiger partial charge in [-0.15, -0.1) is 0 Å². The van der Waals surface area contributed by atoms with Gasteiger partial charge in [0.1, 0.15) is 5.69 Å². The number of fused-ring (bicyclic) bond motifs is 1. The van der Waals surface area contributed by atoms with Crippen LogP contribution in [0.25, 0.3) is 16.9 Å². The maximum atomic E-state index is 11.9. The minimum atomic E-state index is -0.997. The predicted octanol–water partition coefficient (Wildman–Crippen LogP) is -0.181. The number of carbonyl (C=O) groups is 1. The number of imidazole rings is 1. The number of aryl methyl sites for hydroxylation is 1. The van der Waals surface area contributed by atoms with Crippen LogP contribution in [0.4, 0.5) is 5.95 Å². The molecule has 21 heavy (non-hydrogen) atoms. The van der Waals surface area contributed by atoms with Crippen molar-refractivity contribution in [3.05, 3.63) is 46.5 Å². The van der Waals surface area contributed by atoms with Gasteiger partial charge in [0.05, 0.1) is 12.6 Å². The van der Waals surface area contributed by atoms with E-state index in [1.165, 1.54) is 12.1 Å². The Balaban J connectivity index is 2.25. The first-order chi connectivity index (χ1) is 9.97. The van der Waals surface area contributed by atoms with Crippen LogP contribution in [-0.4, -0.2) is 25.6 Å². The molecule has 0 unspecified atom stereocenters. The first-order valence-corrected chi connectivity index (χ1v) is 6.07. The van der Waals surface area contributed by atoms with Crippen molar-refractivity contribution < 1.29 is 14.5 Å². The van der Waals surface area contributed by atoms with E-state index in [2.05, 4.69) is 9.97 Å². The molecule has 0 spiro atoms. The van der Waals surface area contributed by atoms with Crippen LogP contribution in [0, 0.1) is 0 Å². The van der Waals surface area contributed by atoms with Crippen LogP contribution in [-0.2, 0) is 7.05 Å². The molecule has 3 rings (SSSR count). The Kier molecular flexibility index (Phi) is 2.72. The molecule has 106 valence electrons. The molecule has 0 atom stereocenters. The van der Waals surface area contributed by atoms with E-state index in [-0.39, 0.29) is 17.1 Å². The molecule has 3 aromatic rings. The summed E-state index contributed by atoms with van der Waals surface area (Å²) in [6.45, 7) is 0. The average Bonchev–Trinajstić information content (AvgIpc) is 2.76. The third kappa shape index (κ3) is 2.02. The van der Waals surface area contributed by atoms with E-state index in [4.69, 9.17) is 10.8 Å². The average molecular weight is 286 g/mol. The molecular formula is C13H12N5O3+. The summed E-state index contributed by atoms with van der Waals surface area (Å²) >= 11 is 0. The molecule has 0 aliphatic carbocycles. The molecule has 2 heterocycles. The molecule has 0 bridgehead atoms. The van der Waals surface area contributed by atoms with Crippen molar-refractivity contribution in [2.24, 2.45) is 7.05 Å². The number of aromatic amines is 1. The number of carboxylic acids is 1. The summed E-state index contributed by atoms with van der Waals surface area (Å²) in [6, 6.07) is 6.25. The Bertz CT molecular complexity index is 908. The van der Waals surface area contributed by atoms with Crippen LogP contribution < -0.4 is 15.9 Å². The first kappa shape index (κ1) is 12.9. The zero-order valence-electron chi connectivity index (χ0n) is 11.1. The lowest BCUT2D eigenvalue weighted by Gasteiger charge is -1.98. The first-order valence-electron chi connectivity index (χ1n) is 6.07. The van der Waals surface area contributed by atoms with E-state index in [1.54, 1.807) is 34.6 Å². The van der Waals surface area contributed by atoms with E-state index in [0.717, 1.165) is 0 Å². The maximum absolute atomic E-state index is 11.9. The molecule has 2 aromatic heterocycles. The van der Waals surface area contributed by atoms with Crippen LogP contribution >= 0.6 is 0 Å². The topological polar surface area (TPSA) is 118 Å². The third-order valence-corrected chi connectivity index (χ3v) is 3.16. The van der Waals surface area contributed by atoms with Crippen LogP contribution in [0.1, 0.15) is 10.4 Å². The highest BCUT2D eigenvalue weighted by Crippen LogP contribution is 2.14. The minimum absolute atomic E-state index is 0.0228. The summed E-state index contributed by atoms with van der Waals surface area (Å²) in [5, 5.41) is 8.91. The number of H-pyrrole nitrogens is 1. The highest BCUT2D eigenvalue weighted by molar-refractivity contribution is 5.87. The fraction of sp³-hybridized carbons (Fsp3) is 0.0769. The normalized spacial score (nSPS) is 10.9. The van der Waals surface area contributed by atoms with Crippen molar-refractivity contribution in [1.29, 1.82) is 0 Å². The summed E-state index contributed by atoms with van der Waals surface area (Å²) in [5.41, 5.74) is 6.90. The van der Waals surface area contributed by atoms with E-state index in [0.29, 0.717) is 16.9 Å². The lowest BCUT2D eigenvalue weighted by atomic mass is 10.2. The molecule has 0 saturated carbocycles. The van der Waals surface area contributed by atoms with E-state index in [1.807, 2.05) is 0 Å². The van der Waals surface area contributed by atoms with Gasteiger partial charge >= 0.3 is 11.5 Å². The molecule has 0 saturated heterocycles. The quantitative estimate of drug-likeness (QED) is 0.565. The molecule has 0 aliphatic rings. The van der Waals surface area contributed by atoms with Gasteiger partial charge in [0.2, 0.25) is 5.95 Å². The predicted molar refractivity (Wildman–Crippen MR) is 74.2 cm³/mol. The van der Waals surface area contributed by atoms with Crippen molar-refractivity contribution in [3.63, 3.8) is 0 Å². The second kappa shape index (κ2) is 4.44. The largest absolute Gasteiger partial charge is 0.478 e. The van der Waals surface area contributed by atoms with Gasteiger partial charge in [0, 0.05) is 0 Å². The smallest absolute Gasteiger partial charge is 0.335 e. The summed E-state index contributed by atoms with van der Waals surface area (Å²) in [4.78, 5) is 29.4. The maximum Gasteiger partial charge on any atom is 0.335 e. The van der Waals surface area contributed by atoms with Crippen molar-refractivity contribution in [2.45, 2.75) is 0 Å². The standard InChI is InChI=1S/C13H11N5O3/c1-17-6-18(8-4-2-7(3-5-8)12(20)21)10-9(17)11(19)16-13(14)15-10/h2-6H,1H3,(H3-,14,15,16,19,20,21)/p+1. The Morgan fingerprint density at radius 3 is 2.67 bits per heavy atom. The van der Waals surface area contributed by atoms with E-state index >= 15 is 0 Å². The van der Waals surface area contributed by atoms with Gasteiger partial charge in [-0.3, -0.25) is 9.78 Å². The number of nitrogens with zero attached hydrogens (tertiary/aromatic N) is 3. The summed E-state index contributed by atoms with van der Waals surface area (Å²) < 4.78 is 3.30. The second-order valence-electron chi connectivity index (χ2n) is 4.57. The number of aromatic carboxylic acids is 1. The van der Waals surface area contributed by atoms with Crippen molar-refractivity contribution in [3.8, 4) is 5.69 Å². The number of nitrogen functional groups attached to an aromatic ring is 1. The van der Waals surface area contributed by atoms with Crippen LogP contribution in [0.3, 0.4) is 0 Å². The number of nitrogens with two attached hydrogens (primary N) is 1. The minimum Gasteiger partial charge on any atom is -0.478 e. The molecule has 0 aliphatic heterocycles. The molecule has 4 N–H and O–H groups in total. The van der Waals surface area contributed by atoms with Crippen LogP contribution in [0.2, 0.25) is 0 Å². The summed E-state index contributed by atoms with van der Waals surface area (Å²) in [6.07, 6.45) is 1.68. The zero-order valence-corrected chi connectivity index (χ0v) is 11.1. The third-order valence-electron chi connectivity index (χ3n) is 3.16. The van der Waals surface area contributed by atoms with Gasteiger partial charge < -0.3 is 10.8 Å². The van der Waals surface area contributed by atoms with Crippen molar-refractivity contribution >= 4 is 23.1 Å². The number of hydrogen-bond donors (Lipinski definition) is 3. The molecule has 0 amide bonds. The SMILES string of the molecule is C[n+]1cn(-c2ccc(C(=O)O)cc2)c2nc(N)[nH]c(=O)c21. The number of aromatic nitrogens is 4. The number of carboxylic acid groups (broad SMARTS) is 1. The summed E-state index contributed by atoms with van der Waals surface area (Å²) in [5.74, 6) is -0.974. The molecule has 1 aromatic carbocycles. The molecule has 0 radical (unpaired) electrons. The molecule has 0 fully saturated rings. The number of benzene rings is 1. The molecule has 8 heteroatoms. The number of nitrogens with one attached hydrogen (secondary N) is 1. The van der Waals surface area contributed by atoms with E-state index < -0.39 is 5.97 Å². The number of anilines is 1. The monoisotopic (exact) mass is 286 g/mol. The van der Waals surface area contributed by atoms with Gasteiger partial charge in [-0.1, -0.05) is 0 Å². The fourth-order valence-corrected chi connectivity index (χ4v) is 2.20. The van der Waals surface area contributed by atoms with Crippen LogP contribution in [0.5, 0.6) is 0 Å². The highest BCUT2D eigenvalue weighted by atomic mass is 16.4. The number of rotatable bonds is 2. The Labute approximate surface area is 118 Å². The van der Waals surface area contributed by atoms with Gasteiger partial charge in [-0.2, -0.15) is 9.55 Å². The molecular weight excluding hydrogens is 274 g/mol. The van der Waals surface area contributed by atoms with Gasteiger partial charge in [-0.25, -0.2) is 9.36 Å². The van der Waals surface area contributed by atoms with Crippen LogP contribution in [0.15, 0.2) is 35.4 Å². The Morgan fingerprint density at radius 2 is 2.05 bits per heavy atom. The molecule has 8 nitrogen and oxygen atoms in total. The summed E-state index contributed by atoms with van der Waals surface area (Å²) in [7, 11) is 1.72. The second-order valence-corrected chi connectivity index (χ2v) is 4.57. The highest BCUT2D eigenvalue weighted by Gasteiger charge is 2.20. The van der Waals surface area contributed by atoms with E-state index in [9.17, 15) is 9.59 Å². The lowest BCUT2D eigenvalue weighted by molar-refractivity contribution is -0.646. The van der Waals surface area contributed by atoms with Gasteiger partial charge in [0.25, 0.3) is 17.5 Å². The fourth-order valence-electron chi connectivity index (χ4n) is 2.20. The van der Waals surface area contributed by atoms with Crippen molar-refractivity contribution in [1.82, 2.24) is 14.5 Å². The Hall–Kier alpha value is -3.16. The van der Waals surface area contributed by atoms with Crippen molar-refractivity contribution in [2.75, 3.05) is 5.73 Å². The van der Waals surface area contributed by atoms with Gasteiger partial charge in [0.15, 0.2) is 0 Å². The zero-order chi connectivity index (χ0) is 15.1. The Morgan fingerprint density at radius 1 is 1.38 bits per heavy atom. The van der Waals surface area contributed by atoms with Gasteiger partial charge in [-0.05, 0) is 24.3 Å². The number of hydrogen-bond acceptors (Lipinski definition) is 4. The lowest BCUT2D eigenvalue weighted by Crippen LogP contribution is -2.31.